The van der Waals surface area contributed by atoms with E-state index in [9.17, 15) is 0 Å². The van der Waals surface area contributed by atoms with Crippen molar-refractivity contribution in [1.29, 1.82) is 0 Å². The second-order valence-electron chi connectivity index (χ2n) is 4.27. The molecule has 1 heterocycles. The van der Waals surface area contributed by atoms with Gasteiger partial charge in [-0.05, 0) is 38.5 Å². The lowest BCUT2D eigenvalue weighted by atomic mass is 10.2. The average molecular weight is 230 g/mol. The molecule has 0 saturated carbocycles. The van der Waals surface area contributed by atoms with Gasteiger partial charge in [-0.15, -0.1) is 0 Å². The Labute approximate surface area is 102 Å². The van der Waals surface area contributed by atoms with E-state index in [1.54, 1.807) is 0 Å². The Morgan fingerprint density at radius 2 is 2.06 bits per heavy atom. The minimum Gasteiger partial charge on any atom is -0.492 e. The van der Waals surface area contributed by atoms with Crippen LogP contribution in [0.5, 0.6) is 5.75 Å². The Kier molecular flexibility index (Phi) is 3.47. The fourth-order valence-corrected chi connectivity index (χ4v) is 1.74. The van der Waals surface area contributed by atoms with Gasteiger partial charge >= 0.3 is 0 Å². The van der Waals surface area contributed by atoms with E-state index in [0.29, 0.717) is 6.61 Å². The molecule has 0 saturated heterocycles. The quantitative estimate of drug-likeness (QED) is 0.807. The van der Waals surface area contributed by atoms with Crippen LogP contribution in [0.1, 0.15) is 17.0 Å². The molecule has 1 aromatic carbocycles. The van der Waals surface area contributed by atoms with Crippen molar-refractivity contribution in [1.82, 2.24) is 9.55 Å². The summed E-state index contributed by atoms with van der Waals surface area (Å²) < 4.78 is 7.82. The second kappa shape index (κ2) is 5.04. The predicted molar refractivity (Wildman–Crippen MR) is 68.4 cm³/mol. The monoisotopic (exact) mass is 230 g/mol. The zero-order valence-electron chi connectivity index (χ0n) is 10.6. The summed E-state index contributed by atoms with van der Waals surface area (Å²) in [5.41, 5.74) is 3.51. The van der Waals surface area contributed by atoms with Gasteiger partial charge in [-0.3, -0.25) is 0 Å². The molecule has 2 aromatic rings. The van der Waals surface area contributed by atoms with Gasteiger partial charge in [-0.1, -0.05) is 12.1 Å². The third kappa shape index (κ3) is 2.87. The van der Waals surface area contributed by atoms with Crippen LogP contribution < -0.4 is 4.74 Å². The third-order valence-electron chi connectivity index (χ3n) is 2.94. The number of aromatic nitrogens is 2. The molecular formula is C14H18N2O. The van der Waals surface area contributed by atoms with Crippen molar-refractivity contribution < 1.29 is 4.74 Å². The number of nitrogens with zero attached hydrogens (tertiary/aromatic N) is 2. The molecule has 0 N–H and O–H groups in total. The van der Waals surface area contributed by atoms with Gasteiger partial charge in [0.1, 0.15) is 12.4 Å². The van der Waals surface area contributed by atoms with Gasteiger partial charge < -0.3 is 9.30 Å². The summed E-state index contributed by atoms with van der Waals surface area (Å²) in [5, 5.41) is 0. The van der Waals surface area contributed by atoms with E-state index < -0.39 is 0 Å². The zero-order chi connectivity index (χ0) is 12.3. The molecule has 0 amide bonds. The number of hydrogen-bond donors (Lipinski definition) is 0. The molecule has 3 heteroatoms. The van der Waals surface area contributed by atoms with Crippen molar-refractivity contribution in [2.75, 3.05) is 6.61 Å². The summed E-state index contributed by atoms with van der Waals surface area (Å²) >= 11 is 0. The number of rotatable bonds is 4. The molecule has 0 fully saturated rings. The third-order valence-corrected chi connectivity index (χ3v) is 2.94. The minimum atomic E-state index is 0.667. The Bertz CT molecular complexity index is 503. The van der Waals surface area contributed by atoms with Crippen LogP contribution in [0.3, 0.4) is 0 Å². The van der Waals surface area contributed by atoms with Crippen LogP contribution in [0.25, 0.3) is 0 Å². The number of imidazole rings is 1. The van der Waals surface area contributed by atoms with Crippen LogP contribution in [0.15, 0.2) is 30.6 Å². The highest BCUT2D eigenvalue weighted by Crippen LogP contribution is 2.12. The fourth-order valence-electron chi connectivity index (χ4n) is 1.74. The van der Waals surface area contributed by atoms with Crippen molar-refractivity contribution >= 4 is 0 Å². The van der Waals surface area contributed by atoms with E-state index in [4.69, 9.17) is 4.74 Å². The smallest absolute Gasteiger partial charge is 0.119 e. The van der Waals surface area contributed by atoms with Crippen LogP contribution in [0, 0.1) is 20.8 Å². The summed E-state index contributed by atoms with van der Waals surface area (Å²) in [6, 6.07) is 8.11. The minimum absolute atomic E-state index is 0.667. The van der Waals surface area contributed by atoms with Crippen LogP contribution in [-0.2, 0) is 6.54 Å². The summed E-state index contributed by atoms with van der Waals surface area (Å²) in [5.74, 6) is 0.930. The molecule has 0 bridgehead atoms. The molecule has 0 spiro atoms. The van der Waals surface area contributed by atoms with Gasteiger partial charge in [0.05, 0.1) is 18.6 Å². The first-order valence-electron chi connectivity index (χ1n) is 5.84. The van der Waals surface area contributed by atoms with E-state index in [1.807, 2.05) is 31.5 Å². The molecule has 0 aliphatic heterocycles. The first-order chi connectivity index (χ1) is 8.16. The van der Waals surface area contributed by atoms with Crippen molar-refractivity contribution in [3.8, 4) is 5.75 Å². The van der Waals surface area contributed by atoms with Gasteiger partial charge in [-0.2, -0.15) is 0 Å². The highest BCUT2D eigenvalue weighted by Gasteiger charge is 2.01. The van der Waals surface area contributed by atoms with Crippen LogP contribution in [0.4, 0.5) is 0 Å². The SMILES string of the molecule is Cc1cccc(OCCn2cnc(C)c2C)c1. The lowest BCUT2D eigenvalue weighted by molar-refractivity contribution is 0.297. The lowest BCUT2D eigenvalue weighted by Gasteiger charge is -2.08. The first kappa shape index (κ1) is 11.7. The van der Waals surface area contributed by atoms with Crippen molar-refractivity contribution in [2.45, 2.75) is 27.3 Å². The number of aryl methyl sites for hydroxylation is 2. The number of hydrogen-bond acceptors (Lipinski definition) is 2. The second-order valence-corrected chi connectivity index (χ2v) is 4.27. The van der Waals surface area contributed by atoms with E-state index in [-0.39, 0.29) is 0 Å². The normalized spacial score (nSPS) is 10.5. The largest absolute Gasteiger partial charge is 0.492 e. The Morgan fingerprint density at radius 3 is 2.71 bits per heavy atom. The molecule has 0 atom stereocenters. The summed E-state index contributed by atoms with van der Waals surface area (Å²) in [7, 11) is 0. The van der Waals surface area contributed by atoms with E-state index in [1.165, 1.54) is 11.3 Å². The van der Waals surface area contributed by atoms with Crippen molar-refractivity contribution in [3.05, 3.63) is 47.5 Å². The zero-order valence-corrected chi connectivity index (χ0v) is 10.6. The predicted octanol–water partition coefficient (Wildman–Crippen LogP) is 2.89. The van der Waals surface area contributed by atoms with Crippen LogP contribution in [-0.4, -0.2) is 16.2 Å². The Morgan fingerprint density at radius 1 is 1.24 bits per heavy atom. The maximum Gasteiger partial charge on any atom is 0.119 e. The molecule has 0 radical (unpaired) electrons. The van der Waals surface area contributed by atoms with Gasteiger partial charge in [0, 0.05) is 5.69 Å². The molecule has 0 unspecified atom stereocenters. The highest BCUT2D eigenvalue weighted by atomic mass is 16.5. The molecule has 1 aromatic heterocycles. The molecule has 17 heavy (non-hydrogen) atoms. The maximum absolute atomic E-state index is 5.71. The maximum atomic E-state index is 5.71. The van der Waals surface area contributed by atoms with E-state index >= 15 is 0 Å². The Hall–Kier alpha value is -1.77. The lowest BCUT2D eigenvalue weighted by Crippen LogP contribution is -2.08. The molecule has 2 rings (SSSR count). The molecule has 3 nitrogen and oxygen atoms in total. The first-order valence-corrected chi connectivity index (χ1v) is 5.84. The molecule has 90 valence electrons. The molecule has 0 aliphatic carbocycles. The van der Waals surface area contributed by atoms with Crippen LogP contribution in [0.2, 0.25) is 0 Å². The van der Waals surface area contributed by atoms with Gasteiger partial charge in [0.2, 0.25) is 0 Å². The average Bonchev–Trinajstić information content (AvgIpc) is 2.61. The van der Waals surface area contributed by atoms with Crippen molar-refractivity contribution in [2.24, 2.45) is 0 Å². The fraction of sp³-hybridized carbons (Fsp3) is 0.357. The number of benzene rings is 1. The highest BCUT2D eigenvalue weighted by molar-refractivity contribution is 5.27. The van der Waals surface area contributed by atoms with Gasteiger partial charge in [0.15, 0.2) is 0 Å². The molecule has 0 aliphatic rings. The summed E-state index contributed by atoms with van der Waals surface area (Å²) in [4.78, 5) is 4.26. The number of ether oxygens (including phenoxy) is 1. The van der Waals surface area contributed by atoms with E-state index in [0.717, 1.165) is 18.0 Å². The summed E-state index contributed by atoms with van der Waals surface area (Å²) in [6.45, 7) is 7.67. The van der Waals surface area contributed by atoms with E-state index in [2.05, 4.69) is 29.5 Å². The molecular weight excluding hydrogens is 212 g/mol. The van der Waals surface area contributed by atoms with Gasteiger partial charge in [0.25, 0.3) is 0 Å². The Balaban J connectivity index is 1.90. The summed E-state index contributed by atoms with van der Waals surface area (Å²) in [6.07, 6.45) is 1.87. The van der Waals surface area contributed by atoms with Crippen LogP contribution >= 0.6 is 0 Å². The topological polar surface area (TPSA) is 27.1 Å². The standard InChI is InChI=1S/C14H18N2O/c1-11-5-4-6-14(9-11)17-8-7-16-10-15-12(2)13(16)3/h4-6,9-10H,7-8H2,1-3H3. The van der Waals surface area contributed by atoms with Crippen molar-refractivity contribution in [3.63, 3.8) is 0 Å². The van der Waals surface area contributed by atoms with Gasteiger partial charge in [-0.25, -0.2) is 4.98 Å².